The monoisotopic (exact) mass is 486 g/mol. The van der Waals surface area contributed by atoms with Crippen LogP contribution in [0.2, 0.25) is 0 Å². The summed E-state index contributed by atoms with van der Waals surface area (Å²) in [7, 11) is 1.76. The maximum absolute atomic E-state index is 13.0. The molecule has 0 radical (unpaired) electrons. The topological polar surface area (TPSA) is 141 Å². The molecular weight excluding hydrogens is 460 g/mol. The second kappa shape index (κ2) is 10.0. The normalized spacial score (nSPS) is 17.4. The van der Waals surface area contributed by atoms with Gasteiger partial charge in [0.2, 0.25) is 12.1 Å². The van der Waals surface area contributed by atoms with Crippen LogP contribution in [0.4, 0.5) is 11.5 Å². The largest absolute Gasteiger partial charge is 0.407 e. The fourth-order valence-electron chi connectivity index (χ4n) is 4.14. The Kier molecular flexibility index (Phi) is 6.46. The van der Waals surface area contributed by atoms with Gasteiger partial charge in [0.15, 0.2) is 5.82 Å². The van der Waals surface area contributed by atoms with Gasteiger partial charge in [0.05, 0.1) is 30.2 Å². The predicted octanol–water partition coefficient (Wildman–Crippen LogP) is 1.94. The minimum atomic E-state index is -1.14. The number of anilines is 2. The zero-order valence-electron chi connectivity index (χ0n) is 19.7. The molecule has 2 aliphatic rings. The first-order valence-electron chi connectivity index (χ1n) is 11.5. The fourth-order valence-corrected chi connectivity index (χ4v) is 4.14. The van der Waals surface area contributed by atoms with Gasteiger partial charge in [-0.3, -0.25) is 20.3 Å². The Morgan fingerprint density at radius 1 is 1.11 bits per heavy atom. The molecule has 0 aliphatic carbocycles. The van der Waals surface area contributed by atoms with E-state index in [1.165, 1.54) is 0 Å². The zero-order valence-corrected chi connectivity index (χ0v) is 19.7. The lowest BCUT2D eigenvalue weighted by Crippen LogP contribution is -2.43. The van der Waals surface area contributed by atoms with Gasteiger partial charge in [-0.1, -0.05) is 48.5 Å². The molecule has 1 saturated heterocycles. The van der Waals surface area contributed by atoms with Gasteiger partial charge in [-0.25, -0.2) is 4.99 Å². The summed E-state index contributed by atoms with van der Waals surface area (Å²) >= 11 is 0. The number of fused-ring (bicyclic) bond motifs is 1. The molecule has 0 saturated carbocycles. The lowest BCUT2D eigenvalue weighted by Gasteiger charge is -2.27. The summed E-state index contributed by atoms with van der Waals surface area (Å²) in [6.45, 7) is 2.44. The second-order valence-corrected chi connectivity index (χ2v) is 8.33. The quantitative estimate of drug-likeness (QED) is 0.328. The van der Waals surface area contributed by atoms with Crippen molar-refractivity contribution in [2.24, 2.45) is 12.0 Å². The standard InChI is InChI=1S/C25H26N8O3/c1-32-15-18(23(31-32)33-11-13-35-14-12-33)21(26)36-25(27)30-22-24(34)28-19-10-6-5-9-17(19)20(29-22)16-7-3-2-4-8-16/h2-10,15,22,26H,11-14H2,1H3,(H2,27,30)(H,28,34)/t22-/m1/s1. The number of benzodiazepines with no additional fused rings is 1. The summed E-state index contributed by atoms with van der Waals surface area (Å²) in [6, 6.07) is 16.5. The molecule has 5 rings (SSSR count). The molecule has 1 aromatic heterocycles. The SMILES string of the molecule is Cn1cc(C(=N)OC(=N)N[C@H]2N=C(c3ccccc3)c3ccccc3NC2=O)c(N2CCOCC2)n1. The number of amidine groups is 1. The molecule has 11 heteroatoms. The number of morpholine rings is 1. The molecule has 4 N–H and O–H groups in total. The van der Waals surface area contributed by atoms with Crippen molar-refractivity contribution in [1.82, 2.24) is 15.1 Å². The third-order valence-electron chi connectivity index (χ3n) is 5.83. The van der Waals surface area contributed by atoms with Crippen molar-refractivity contribution >= 4 is 35.0 Å². The van der Waals surface area contributed by atoms with Crippen molar-refractivity contribution in [3.05, 3.63) is 77.5 Å². The van der Waals surface area contributed by atoms with E-state index < -0.39 is 18.1 Å². The number of para-hydroxylation sites is 1. The number of aromatic nitrogens is 2. The van der Waals surface area contributed by atoms with E-state index in [9.17, 15) is 4.79 Å². The third-order valence-corrected chi connectivity index (χ3v) is 5.83. The highest BCUT2D eigenvalue weighted by Crippen LogP contribution is 2.24. The maximum atomic E-state index is 13.0. The van der Waals surface area contributed by atoms with E-state index in [4.69, 9.17) is 20.3 Å². The number of nitrogens with zero attached hydrogens (tertiary/aromatic N) is 4. The molecule has 1 atom stereocenters. The lowest BCUT2D eigenvalue weighted by atomic mass is 10.0. The number of aryl methyl sites for hydroxylation is 1. The third kappa shape index (κ3) is 4.82. The summed E-state index contributed by atoms with van der Waals surface area (Å²) < 4.78 is 12.5. The average Bonchev–Trinajstić information content (AvgIpc) is 3.23. The molecule has 0 bridgehead atoms. The summed E-state index contributed by atoms with van der Waals surface area (Å²) in [5, 5.41) is 26.8. The van der Waals surface area contributed by atoms with Crippen LogP contribution in [0.5, 0.6) is 0 Å². The van der Waals surface area contributed by atoms with E-state index in [1.54, 1.807) is 24.0 Å². The van der Waals surface area contributed by atoms with Gasteiger partial charge in [-0.2, -0.15) is 5.10 Å². The number of rotatable bonds is 4. The van der Waals surface area contributed by atoms with Crippen LogP contribution in [0.1, 0.15) is 16.7 Å². The highest BCUT2D eigenvalue weighted by atomic mass is 16.5. The van der Waals surface area contributed by atoms with Crippen molar-refractivity contribution in [3.8, 4) is 0 Å². The van der Waals surface area contributed by atoms with Crippen LogP contribution in [0.25, 0.3) is 0 Å². The molecule has 36 heavy (non-hydrogen) atoms. The summed E-state index contributed by atoms with van der Waals surface area (Å²) in [5.41, 5.74) is 3.27. The Hall–Kier alpha value is -4.51. The molecule has 184 valence electrons. The zero-order chi connectivity index (χ0) is 25.1. The Balaban J connectivity index is 1.36. The van der Waals surface area contributed by atoms with Gasteiger partial charge in [-0.15, -0.1) is 0 Å². The average molecular weight is 487 g/mol. The van der Waals surface area contributed by atoms with Gasteiger partial charge >= 0.3 is 0 Å². The fraction of sp³-hybridized carbons (Fsp3) is 0.240. The molecular formula is C25H26N8O3. The summed E-state index contributed by atoms with van der Waals surface area (Å²) in [5.74, 6) is -0.110. The van der Waals surface area contributed by atoms with Crippen LogP contribution >= 0.6 is 0 Å². The molecule has 0 unspecified atom stereocenters. The Morgan fingerprint density at radius 3 is 2.61 bits per heavy atom. The molecule has 3 aromatic rings. The molecule has 3 heterocycles. The molecule has 1 fully saturated rings. The van der Waals surface area contributed by atoms with Gasteiger partial charge in [-0.05, 0) is 6.07 Å². The van der Waals surface area contributed by atoms with Crippen LogP contribution < -0.4 is 15.5 Å². The second-order valence-electron chi connectivity index (χ2n) is 8.33. The number of ether oxygens (including phenoxy) is 2. The van der Waals surface area contributed by atoms with Crippen molar-refractivity contribution in [2.75, 3.05) is 36.5 Å². The van der Waals surface area contributed by atoms with Crippen molar-refractivity contribution in [1.29, 1.82) is 10.8 Å². The van der Waals surface area contributed by atoms with E-state index in [0.29, 0.717) is 49.1 Å². The number of nitrogens with one attached hydrogen (secondary N) is 4. The van der Waals surface area contributed by atoms with Crippen molar-refractivity contribution < 1.29 is 14.3 Å². The Morgan fingerprint density at radius 2 is 1.83 bits per heavy atom. The summed E-state index contributed by atoms with van der Waals surface area (Å²) in [6.07, 6.45) is 0.529. The molecule has 2 aliphatic heterocycles. The van der Waals surface area contributed by atoms with E-state index >= 15 is 0 Å². The first-order chi connectivity index (χ1) is 17.5. The van der Waals surface area contributed by atoms with E-state index in [2.05, 4.69) is 20.7 Å². The number of amides is 1. The molecule has 11 nitrogen and oxygen atoms in total. The van der Waals surface area contributed by atoms with E-state index in [1.807, 2.05) is 53.4 Å². The Bertz CT molecular complexity index is 1330. The number of carbonyl (C=O) groups is 1. The number of benzene rings is 2. The molecule has 1 amide bonds. The van der Waals surface area contributed by atoms with Crippen LogP contribution in [0, 0.1) is 10.8 Å². The van der Waals surface area contributed by atoms with Gasteiger partial charge in [0.1, 0.15) is 0 Å². The van der Waals surface area contributed by atoms with Crippen LogP contribution in [0.15, 0.2) is 65.8 Å². The van der Waals surface area contributed by atoms with E-state index in [0.717, 1.165) is 11.1 Å². The van der Waals surface area contributed by atoms with Gasteiger partial charge in [0, 0.05) is 37.5 Å². The first-order valence-corrected chi connectivity index (χ1v) is 11.5. The number of hydrogen-bond donors (Lipinski definition) is 4. The molecule has 2 aromatic carbocycles. The van der Waals surface area contributed by atoms with Crippen LogP contribution in [-0.4, -0.2) is 65.8 Å². The van der Waals surface area contributed by atoms with Crippen LogP contribution in [0.3, 0.4) is 0 Å². The maximum Gasteiger partial charge on any atom is 0.290 e. The Labute approximate surface area is 207 Å². The van der Waals surface area contributed by atoms with Crippen molar-refractivity contribution in [3.63, 3.8) is 0 Å². The lowest BCUT2D eigenvalue weighted by molar-refractivity contribution is -0.117. The minimum absolute atomic E-state index is 0.258. The number of carbonyl (C=O) groups excluding carboxylic acids is 1. The minimum Gasteiger partial charge on any atom is -0.407 e. The highest BCUT2D eigenvalue weighted by Gasteiger charge is 2.28. The number of aliphatic imine (C=N–C) groups is 1. The van der Waals surface area contributed by atoms with Gasteiger partial charge < -0.3 is 25.0 Å². The van der Waals surface area contributed by atoms with Gasteiger partial charge in [0.25, 0.3) is 11.9 Å². The smallest absolute Gasteiger partial charge is 0.290 e. The predicted molar refractivity (Wildman–Crippen MR) is 136 cm³/mol. The highest BCUT2D eigenvalue weighted by molar-refractivity contribution is 6.19. The van der Waals surface area contributed by atoms with Crippen molar-refractivity contribution in [2.45, 2.75) is 6.17 Å². The summed E-state index contributed by atoms with van der Waals surface area (Å²) in [4.78, 5) is 19.7. The molecule has 0 spiro atoms. The van der Waals surface area contributed by atoms with Crippen LogP contribution in [-0.2, 0) is 21.3 Å². The van der Waals surface area contributed by atoms with E-state index in [-0.39, 0.29) is 5.90 Å². The first kappa shape index (κ1) is 23.2. The number of hydrogen-bond acceptors (Lipinski definition) is 8.